The Morgan fingerprint density at radius 3 is 2.76 bits per heavy atom. The van der Waals surface area contributed by atoms with Gasteiger partial charge in [-0.1, -0.05) is 6.07 Å². The second kappa shape index (κ2) is 9.71. The van der Waals surface area contributed by atoms with E-state index >= 15 is 0 Å². The molecular weight excluding hydrogens is 392 g/mol. The number of nitrogens with zero attached hydrogens (tertiary/aromatic N) is 2. The van der Waals surface area contributed by atoms with Crippen LogP contribution in [0.25, 0.3) is 0 Å². The van der Waals surface area contributed by atoms with Crippen LogP contribution >= 0.6 is 11.3 Å². The molecule has 2 amide bonds. The van der Waals surface area contributed by atoms with E-state index in [2.05, 4.69) is 20.5 Å². The molecule has 0 aliphatic carbocycles. The first-order chi connectivity index (χ1) is 14.0. The van der Waals surface area contributed by atoms with Crippen molar-refractivity contribution in [1.29, 1.82) is 0 Å². The van der Waals surface area contributed by atoms with Gasteiger partial charge >= 0.3 is 0 Å². The lowest BCUT2D eigenvalue weighted by Crippen LogP contribution is -2.40. The van der Waals surface area contributed by atoms with E-state index in [9.17, 15) is 9.59 Å². The van der Waals surface area contributed by atoms with Crippen LogP contribution in [0.5, 0.6) is 11.5 Å². The van der Waals surface area contributed by atoms with Gasteiger partial charge in [-0.25, -0.2) is 4.98 Å². The maximum absolute atomic E-state index is 12.3. The number of ether oxygens (including phenoxy) is 2. The lowest BCUT2D eigenvalue weighted by Gasteiger charge is -2.25. The average Bonchev–Trinajstić information content (AvgIpc) is 3.08. The van der Waals surface area contributed by atoms with E-state index in [-0.39, 0.29) is 11.8 Å². The summed E-state index contributed by atoms with van der Waals surface area (Å²) in [6, 6.07) is 5.76. The van der Waals surface area contributed by atoms with Gasteiger partial charge in [0.1, 0.15) is 0 Å². The van der Waals surface area contributed by atoms with Gasteiger partial charge in [0.2, 0.25) is 11.8 Å². The zero-order valence-corrected chi connectivity index (χ0v) is 17.7. The molecule has 0 bridgehead atoms. The van der Waals surface area contributed by atoms with Crippen LogP contribution in [0.2, 0.25) is 0 Å². The van der Waals surface area contributed by atoms with Crippen molar-refractivity contribution >= 4 is 28.3 Å². The first kappa shape index (κ1) is 21.1. The fourth-order valence-electron chi connectivity index (χ4n) is 3.23. The Kier molecular flexibility index (Phi) is 7.05. The third kappa shape index (κ3) is 5.68. The van der Waals surface area contributed by atoms with Crippen LogP contribution in [0.4, 0.5) is 5.13 Å². The van der Waals surface area contributed by atoms with E-state index in [4.69, 9.17) is 9.47 Å². The molecule has 0 radical (unpaired) electrons. The largest absolute Gasteiger partial charge is 0.493 e. The summed E-state index contributed by atoms with van der Waals surface area (Å²) in [5.41, 5.74) is 2.09. The Hall–Kier alpha value is -2.65. The predicted molar refractivity (Wildman–Crippen MR) is 112 cm³/mol. The lowest BCUT2D eigenvalue weighted by molar-refractivity contribution is -0.122. The lowest BCUT2D eigenvalue weighted by atomic mass is 10.1. The van der Waals surface area contributed by atoms with Crippen molar-refractivity contribution in [3.05, 3.63) is 34.3 Å². The maximum atomic E-state index is 12.3. The average molecular weight is 419 g/mol. The fraction of sp³-hybridized carbons (Fsp3) is 0.450. The Morgan fingerprint density at radius 1 is 1.24 bits per heavy atom. The molecule has 1 aliphatic heterocycles. The molecule has 156 valence electrons. The number of amides is 2. The standard InChI is InChI=1S/C20H26N4O4S/c1-13(25)22-20-23-15-7-9-24(11-18(15)29-20)12-19(26)21-8-6-14-4-5-16(27-2)17(10-14)28-3/h4-5,10H,6-9,11-12H2,1-3H3,(H,21,26)(H,22,23,25). The molecule has 0 fully saturated rings. The number of aromatic nitrogens is 1. The minimum atomic E-state index is -0.123. The molecule has 29 heavy (non-hydrogen) atoms. The van der Waals surface area contributed by atoms with Crippen molar-refractivity contribution in [3.8, 4) is 11.5 Å². The van der Waals surface area contributed by atoms with Gasteiger partial charge in [0.25, 0.3) is 0 Å². The zero-order valence-electron chi connectivity index (χ0n) is 16.9. The number of rotatable bonds is 8. The second-order valence-electron chi connectivity index (χ2n) is 6.82. The zero-order chi connectivity index (χ0) is 20.8. The fourth-order valence-corrected chi connectivity index (χ4v) is 4.33. The van der Waals surface area contributed by atoms with Crippen LogP contribution in [0, 0.1) is 0 Å². The first-order valence-corrected chi connectivity index (χ1v) is 10.3. The molecule has 0 saturated heterocycles. The third-order valence-electron chi connectivity index (χ3n) is 4.64. The minimum absolute atomic E-state index is 0.000487. The monoisotopic (exact) mass is 418 g/mol. The van der Waals surface area contributed by atoms with Crippen LogP contribution in [0.15, 0.2) is 18.2 Å². The maximum Gasteiger partial charge on any atom is 0.234 e. The number of carbonyl (C=O) groups excluding carboxylic acids is 2. The van der Waals surface area contributed by atoms with E-state index in [1.54, 1.807) is 14.2 Å². The van der Waals surface area contributed by atoms with Gasteiger partial charge in [0, 0.05) is 37.9 Å². The van der Waals surface area contributed by atoms with Gasteiger partial charge in [-0.3, -0.25) is 14.5 Å². The van der Waals surface area contributed by atoms with Crippen LogP contribution in [0.3, 0.4) is 0 Å². The molecule has 1 aromatic heterocycles. The van der Waals surface area contributed by atoms with Crippen LogP contribution in [-0.4, -0.2) is 55.6 Å². The molecule has 2 aromatic rings. The van der Waals surface area contributed by atoms with E-state index in [1.165, 1.54) is 18.3 Å². The topological polar surface area (TPSA) is 92.8 Å². The molecule has 0 saturated carbocycles. The summed E-state index contributed by atoms with van der Waals surface area (Å²) in [6.07, 6.45) is 1.50. The van der Waals surface area contributed by atoms with Crippen molar-refractivity contribution in [3.63, 3.8) is 0 Å². The number of carbonyl (C=O) groups is 2. The highest BCUT2D eigenvalue weighted by atomic mass is 32.1. The van der Waals surface area contributed by atoms with E-state index < -0.39 is 0 Å². The summed E-state index contributed by atoms with van der Waals surface area (Å²) in [4.78, 5) is 31.2. The number of hydrogen-bond acceptors (Lipinski definition) is 7. The van der Waals surface area contributed by atoms with E-state index in [0.717, 1.165) is 29.1 Å². The van der Waals surface area contributed by atoms with Gasteiger partial charge in [-0.15, -0.1) is 11.3 Å². The van der Waals surface area contributed by atoms with Crippen molar-refractivity contribution in [2.24, 2.45) is 0 Å². The number of hydrogen-bond donors (Lipinski definition) is 2. The summed E-state index contributed by atoms with van der Waals surface area (Å²) in [5, 5.41) is 6.34. The Balaban J connectivity index is 1.45. The minimum Gasteiger partial charge on any atom is -0.493 e. The van der Waals surface area contributed by atoms with E-state index in [0.29, 0.717) is 42.7 Å². The van der Waals surface area contributed by atoms with Gasteiger partial charge in [0.05, 0.1) is 26.5 Å². The number of fused-ring (bicyclic) bond motifs is 1. The van der Waals surface area contributed by atoms with Gasteiger partial charge in [0.15, 0.2) is 16.6 Å². The molecule has 3 rings (SSSR count). The molecular formula is C20H26N4O4S. The Labute approximate surface area is 174 Å². The normalized spacial score (nSPS) is 13.5. The third-order valence-corrected chi connectivity index (χ3v) is 5.64. The summed E-state index contributed by atoms with van der Waals surface area (Å²) >= 11 is 1.48. The summed E-state index contributed by atoms with van der Waals surface area (Å²) in [5.74, 6) is 1.25. The number of methoxy groups -OCH3 is 2. The van der Waals surface area contributed by atoms with Gasteiger partial charge in [-0.2, -0.15) is 0 Å². The van der Waals surface area contributed by atoms with Crippen LogP contribution in [0.1, 0.15) is 23.1 Å². The summed E-state index contributed by atoms with van der Waals surface area (Å²) < 4.78 is 10.5. The van der Waals surface area contributed by atoms with Crippen molar-refractivity contribution in [1.82, 2.24) is 15.2 Å². The van der Waals surface area contributed by atoms with Gasteiger partial charge < -0.3 is 20.1 Å². The number of benzene rings is 1. The van der Waals surface area contributed by atoms with Crippen LogP contribution in [-0.2, 0) is 29.0 Å². The first-order valence-electron chi connectivity index (χ1n) is 9.44. The molecule has 0 unspecified atom stereocenters. The molecule has 1 aliphatic rings. The molecule has 0 spiro atoms. The molecule has 8 nitrogen and oxygen atoms in total. The van der Waals surface area contributed by atoms with Crippen molar-refractivity contribution < 1.29 is 19.1 Å². The quantitative estimate of drug-likeness (QED) is 0.680. The molecule has 2 N–H and O–H groups in total. The number of thiazole rings is 1. The van der Waals surface area contributed by atoms with E-state index in [1.807, 2.05) is 18.2 Å². The van der Waals surface area contributed by atoms with Crippen molar-refractivity contribution in [2.45, 2.75) is 26.3 Å². The smallest absolute Gasteiger partial charge is 0.234 e. The number of anilines is 1. The van der Waals surface area contributed by atoms with Crippen molar-refractivity contribution in [2.75, 3.05) is 39.2 Å². The number of nitrogens with one attached hydrogen (secondary N) is 2. The molecule has 9 heteroatoms. The highest BCUT2D eigenvalue weighted by Gasteiger charge is 2.22. The summed E-state index contributed by atoms with van der Waals surface area (Å²) in [7, 11) is 3.21. The Bertz CT molecular complexity index is 883. The predicted octanol–water partition coefficient (Wildman–Crippen LogP) is 1.84. The molecule has 0 atom stereocenters. The second-order valence-corrected chi connectivity index (χ2v) is 7.90. The summed E-state index contributed by atoms with van der Waals surface area (Å²) in [6.45, 7) is 3.83. The SMILES string of the molecule is COc1ccc(CCNC(=O)CN2CCc3nc(NC(C)=O)sc3C2)cc1OC. The highest BCUT2D eigenvalue weighted by molar-refractivity contribution is 7.15. The molecule has 2 heterocycles. The van der Waals surface area contributed by atoms with Crippen LogP contribution < -0.4 is 20.1 Å². The Morgan fingerprint density at radius 2 is 2.03 bits per heavy atom. The van der Waals surface area contributed by atoms with Gasteiger partial charge in [-0.05, 0) is 24.1 Å². The molecule has 1 aromatic carbocycles. The highest BCUT2D eigenvalue weighted by Crippen LogP contribution is 2.28.